The summed E-state index contributed by atoms with van der Waals surface area (Å²) in [6.07, 6.45) is 4.63. The van der Waals surface area contributed by atoms with Gasteiger partial charge in [-0.1, -0.05) is 6.92 Å². The van der Waals surface area contributed by atoms with Crippen molar-refractivity contribution in [3.63, 3.8) is 0 Å². The van der Waals surface area contributed by atoms with E-state index in [1.165, 1.54) is 12.8 Å². The molecule has 0 spiro atoms. The fourth-order valence-corrected chi connectivity index (χ4v) is 3.22. The van der Waals surface area contributed by atoms with Crippen LogP contribution in [0.3, 0.4) is 0 Å². The van der Waals surface area contributed by atoms with Gasteiger partial charge in [0.15, 0.2) is 0 Å². The van der Waals surface area contributed by atoms with E-state index in [-0.39, 0.29) is 5.54 Å². The van der Waals surface area contributed by atoms with Crippen molar-refractivity contribution in [2.24, 2.45) is 0 Å². The third-order valence-corrected chi connectivity index (χ3v) is 4.21. The smallest absolute Gasteiger partial charge is 0.205 e. The highest BCUT2D eigenvalue weighted by atomic mass is 32.1. The third-order valence-electron chi connectivity index (χ3n) is 3.42. The number of aryl methyl sites for hydroxylation is 1. The zero-order valence-corrected chi connectivity index (χ0v) is 13.4. The molecule has 0 saturated carbocycles. The third kappa shape index (κ3) is 4.14. The van der Waals surface area contributed by atoms with Crippen molar-refractivity contribution in [1.29, 1.82) is 0 Å². The molecule has 0 radical (unpaired) electrons. The summed E-state index contributed by atoms with van der Waals surface area (Å²) >= 11 is 1.56. The number of nitrogens with zero attached hydrogens (tertiary/aromatic N) is 3. The number of rotatable bonds is 5. The van der Waals surface area contributed by atoms with E-state index in [9.17, 15) is 0 Å². The average Bonchev–Trinajstić information content (AvgIpc) is 2.93. The van der Waals surface area contributed by atoms with E-state index in [2.05, 4.69) is 47.3 Å². The fraction of sp³-hybridized carbons (Fsp3) is 0.857. The molecule has 1 aliphatic rings. The second kappa shape index (κ2) is 6.18. The van der Waals surface area contributed by atoms with Gasteiger partial charge in [-0.05, 0) is 40.0 Å². The van der Waals surface area contributed by atoms with Gasteiger partial charge in [0, 0.05) is 42.6 Å². The molecular formula is C14H26N4S. The summed E-state index contributed by atoms with van der Waals surface area (Å²) in [5, 5.41) is 4.72. The lowest BCUT2D eigenvalue weighted by Crippen LogP contribution is -2.45. The second-order valence-electron chi connectivity index (χ2n) is 6.36. The normalized spacial score (nSPS) is 20.2. The van der Waals surface area contributed by atoms with Crippen LogP contribution in [0.5, 0.6) is 0 Å². The predicted molar refractivity (Wildman–Crippen MR) is 82.0 cm³/mol. The van der Waals surface area contributed by atoms with Gasteiger partial charge in [0.05, 0.1) is 0 Å². The minimum atomic E-state index is 0.183. The lowest BCUT2D eigenvalue weighted by molar-refractivity contribution is 0.405. The lowest BCUT2D eigenvalue weighted by atomic mass is 10.1. The Bertz CT molecular complexity index is 396. The van der Waals surface area contributed by atoms with Gasteiger partial charge < -0.3 is 10.2 Å². The van der Waals surface area contributed by atoms with Crippen molar-refractivity contribution in [2.75, 3.05) is 18.0 Å². The molecule has 0 aliphatic carbocycles. The van der Waals surface area contributed by atoms with Crippen LogP contribution in [-0.2, 0) is 6.42 Å². The lowest BCUT2D eigenvalue weighted by Gasteiger charge is -2.28. The van der Waals surface area contributed by atoms with E-state index in [4.69, 9.17) is 0 Å². The van der Waals surface area contributed by atoms with Gasteiger partial charge in [-0.25, -0.2) is 4.98 Å². The molecule has 1 N–H and O–H groups in total. The maximum Gasteiger partial charge on any atom is 0.205 e. The molecule has 1 unspecified atom stereocenters. The molecule has 1 fully saturated rings. The SMILES string of the molecule is CCCc1nsc(N2CCCC2CNC(C)(C)C)n1. The predicted octanol–water partition coefficient (Wildman–Crippen LogP) is 2.85. The Morgan fingerprint density at radius 3 is 2.89 bits per heavy atom. The summed E-state index contributed by atoms with van der Waals surface area (Å²) in [7, 11) is 0. The van der Waals surface area contributed by atoms with Crippen LogP contribution in [0.1, 0.15) is 52.8 Å². The monoisotopic (exact) mass is 282 g/mol. The van der Waals surface area contributed by atoms with Gasteiger partial charge in [0.2, 0.25) is 5.13 Å². The molecule has 1 saturated heterocycles. The van der Waals surface area contributed by atoms with Crippen LogP contribution >= 0.6 is 11.5 Å². The van der Waals surface area contributed by atoms with Crippen LogP contribution in [-0.4, -0.2) is 34.0 Å². The zero-order chi connectivity index (χ0) is 13.9. The van der Waals surface area contributed by atoms with E-state index < -0.39 is 0 Å². The summed E-state index contributed by atoms with van der Waals surface area (Å²) in [6, 6.07) is 0.571. The van der Waals surface area contributed by atoms with Gasteiger partial charge in [-0.15, -0.1) is 0 Å². The van der Waals surface area contributed by atoms with Gasteiger partial charge in [-0.2, -0.15) is 4.37 Å². The second-order valence-corrected chi connectivity index (χ2v) is 7.09. The Hall–Kier alpha value is -0.680. The first kappa shape index (κ1) is 14.7. The fourth-order valence-electron chi connectivity index (χ4n) is 2.41. The van der Waals surface area contributed by atoms with Crippen LogP contribution < -0.4 is 10.2 Å². The van der Waals surface area contributed by atoms with Crippen LogP contribution in [0.25, 0.3) is 0 Å². The molecule has 1 aromatic rings. The Morgan fingerprint density at radius 1 is 1.42 bits per heavy atom. The highest BCUT2D eigenvalue weighted by molar-refractivity contribution is 7.09. The highest BCUT2D eigenvalue weighted by Gasteiger charge is 2.28. The van der Waals surface area contributed by atoms with Crippen molar-refractivity contribution < 1.29 is 0 Å². The van der Waals surface area contributed by atoms with Crippen LogP contribution in [0, 0.1) is 0 Å². The van der Waals surface area contributed by atoms with Crippen LogP contribution in [0.15, 0.2) is 0 Å². The Labute approximate surface area is 120 Å². The Balaban J connectivity index is 1.97. The van der Waals surface area contributed by atoms with Crippen molar-refractivity contribution in [3.05, 3.63) is 5.82 Å². The maximum atomic E-state index is 4.68. The van der Waals surface area contributed by atoms with E-state index in [0.717, 1.165) is 36.9 Å². The molecule has 19 heavy (non-hydrogen) atoms. The number of hydrogen-bond donors (Lipinski definition) is 1. The van der Waals surface area contributed by atoms with E-state index in [1.807, 2.05) is 0 Å². The molecule has 1 atom stereocenters. The largest absolute Gasteiger partial charge is 0.343 e. The molecule has 108 valence electrons. The Kier molecular flexibility index (Phi) is 4.79. The summed E-state index contributed by atoms with van der Waals surface area (Å²) < 4.78 is 4.46. The summed E-state index contributed by atoms with van der Waals surface area (Å²) in [5.74, 6) is 1.01. The van der Waals surface area contributed by atoms with Crippen molar-refractivity contribution >= 4 is 16.7 Å². The van der Waals surface area contributed by atoms with Crippen molar-refractivity contribution in [2.45, 2.75) is 65.0 Å². The van der Waals surface area contributed by atoms with Crippen molar-refractivity contribution in [1.82, 2.24) is 14.7 Å². The number of aromatic nitrogens is 2. The quantitative estimate of drug-likeness (QED) is 0.901. The molecule has 0 amide bonds. The van der Waals surface area contributed by atoms with Gasteiger partial charge >= 0.3 is 0 Å². The van der Waals surface area contributed by atoms with E-state index in [0.29, 0.717) is 6.04 Å². The molecule has 0 bridgehead atoms. The molecular weight excluding hydrogens is 256 g/mol. The standard InChI is InChI=1S/C14H26N4S/c1-5-7-12-16-13(19-17-12)18-9-6-8-11(18)10-15-14(2,3)4/h11,15H,5-10H2,1-4H3. The van der Waals surface area contributed by atoms with Gasteiger partial charge in [0.25, 0.3) is 0 Å². The Morgan fingerprint density at radius 2 is 2.21 bits per heavy atom. The zero-order valence-electron chi connectivity index (χ0n) is 12.6. The average molecular weight is 282 g/mol. The van der Waals surface area contributed by atoms with E-state index in [1.54, 1.807) is 11.5 Å². The topological polar surface area (TPSA) is 41.1 Å². The van der Waals surface area contributed by atoms with Crippen LogP contribution in [0.2, 0.25) is 0 Å². The first-order valence-corrected chi connectivity index (χ1v) is 8.11. The minimum Gasteiger partial charge on any atom is -0.343 e. The first-order chi connectivity index (χ1) is 8.99. The van der Waals surface area contributed by atoms with Gasteiger partial charge in [-0.3, -0.25) is 0 Å². The minimum absolute atomic E-state index is 0.183. The molecule has 0 aromatic carbocycles. The van der Waals surface area contributed by atoms with Crippen molar-refractivity contribution in [3.8, 4) is 0 Å². The highest BCUT2D eigenvalue weighted by Crippen LogP contribution is 2.27. The number of nitrogens with one attached hydrogen (secondary N) is 1. The first-order valence-electron chi connectivity index (χ1n) is 7.34. The number of hydrogen-bond acceptors (Lipinski definition) is 5. The van der Waals surface area contributed by atoms with Crippen LogP contribution in [0.4, 0.5) is 5.13 Å². The molecule has 2 heterocycles. The number of anilines is 1. The summed E-state index contributed by atoms with van der Waals surface area (Å²) in [6.45, 7) is 11.0. The molecule has 1 aliphatic heterocycles. The molecule has 5 heteroatoms. The molecule has 1 aromatic heterocycles. The summed E-state index contributed by atoms with van der Waals surface area (Å²) in [4.78, 5) is 7.12. The van der Waals surface area contributed by atoms with E-state index >= 15 is 0 Å². The van der Waals surface area contributed by atoms with Gasteiger partial charge in [0.1, 0.15) is 5.82 Å². The maximum absolute atomic E-state index is 4.68. The molecule has 2 rings (SSSR count). The summed E-state index contributed by atoms with van der Waals surface area (Å²) in [5.41, 5.74) is 0.183. The molecule has 4 nitrogen and oxygen atoms in total.